The van der Waals surface area contributed by atoms with Crippen LogP contribution in [0.3, 0.4) is 0 Å². The van der Waals surface area contributed by atoms with E-state index in [0.29, 0.717) is 18.8 Å². The van der Waals surface area contributed by atoms with Crippen molar-refractivity contribution < 1.29 is 4.79 Å². The van der Waals surface area contributed by atoms with E-state index in [9.17, 15) is 4.79 Å². The third-order valence-electron chi connectivity index (χ3n) is 4.21. The van der Waals surface area contributed by atoms with Gasteiger partial charge in [-0.2, -0.15) is 5.10 Å². The van der Waals surface area contributed by atoms with Crippen LogP contribution in [0.25, 0.3) is 5.65 Å². The summed E-state index contributed by atoms with van der Waals surface area (Å²) in [7, 11) is 1.91. The average Bonchev–Trinajstić information content (AvgIpc) is 3.20. The molecule has 1 fully saturated rings. The lowest BCUT2D eigenvalue weighted by molar-refractivity contribution is 0.0741. The normalized spacial score (nSPS) is 15.3. The monoisotopic (exact) mass is 310 g/mol. The summed E-state index contributed by atoms with van der Waals surface area (Å²) < 4.78 is 3.67. The number of piperazine rings is 1. The quantitative estimate of drug-likeness (QED) is 0.709. The van der Waals surface area contributed by atoms with Crippen LogP contribution >= 0.6 is 0 Å². The summed E-state index contributed by atoms with van der Waals surface area (Å²) in [4.78, 5) is 21.2. The summed E-state index contributed by atoms with van der Waals surface area (Å²) in [6.45, 7) is 3.01. The Bertz CT molecular complexity index is 810. The smallest absolute Gasteiger partial charge is 0.274 e. The second kappa shape index (κ2) is 5.42. The molecule has 4 rings (SSSR count). The second-order valence-corrected chi connectivity index (χ2v) is 5.74. The molecule has 0 bridgehead atoms. The van der Waals surface area contributed by atoms with Gasteiger partial charge in [0.25, 0.3) is 5.91 Å². The molecule has 23 heavy (non-hydrogen) atoms. The standard InChI is InChI=1S/C16H18N6O/c1-19-11-13(10-17-19)20-6-8-21(9-7-20)16(23)14-12-22-5-3-2-4-15(22)18-14/h2-5,10-12H,6-9H2,1H3. The highest BCUT2D eigenvalue weighted by Gasteiger charge is 2.24. The molecule has 4 heterocycles. The van der Waals surface area contributed by atoms with Crippen LogP contribution in [0.4, 0.5) is 5.69 Å². The lowest BCUT2D eigenvalue weighted by Gasteiger charge is -2.34. The molecular formula is C16H18N6O. The van der Waals surface area contributed by atoms with Crippen molar-refractivity contribution in [3.8, 4) is 0 Å². The van der Waals surface area contributed by atoms with E-state index in [2.05, 4.69) is 15.0 Å². The molecule has 7 nitrogen and oxygen atoms in total. The van der Waals surface area contributed by atoms with Crippen LogP contribution in [0.15, 0.2) is 43.0 Å². The van der Waals surface area contributed by atoms with Gasteiger partial charge in [-0.05, 0) is 12.1 Å². The zero-order chi connectivity index (χ0) is 15.8. The van der Waals surface area contributed by atoms with Crippen molar-refractivity contribution in [3.63, 3.8) is 0 Å². The first-order valence-corrected chi connectivity index (χ1v) is 7.67. The first kappa shape index (κ1) is 13.8. The minimum absolute atomic E-state index is 0.000429. The first-order chi connectivity index (χ1) is 11.2. The van der Waals surface area contributed by atoms with Crippen molar-refractivity contribution in [1.29, 1.82) is 0 Å². The van der Waals surface area contributed by atoms with E-state index in [-0.39, 0.29) is 5.91 Å². The summed E-state index contributed by atoms with van der Waals surface area (Å²) >= 11 is 0. The molecule has 3 aromatic rings. The van der Waals surface area contributed by atoms with Gasteiger partial charge >= 0.3 is 0 Å². The lowest BCUT2D eigenvalue weighted by Crippen LogP contribution is -2.48. The largest absolute Gasteiger partial charge is 0.365 e. The summed E-state index contributed by atoms with van der Waals surface area (Å²) in [5.41, 5.74) is 2.41. The van der Waals surface area contributed by atoms with Gasteiger partial charge in [0.1, 0.15) is 11.3 Å². The number of amides is 1. The van der Waals surface area contributed by atoms with E-state index < -0.39 is 0 Å². The number of carbonyl (C=O) groups is 1. The van der Waals surface area contributed by atoms with E-state index in [1.165, 1.54) is 0 Å². The average molecular weight is 310 g/mol. The van der Waals surface area contributed by atoms with E-state index in [4.69, 9.17) is 0 Å². The zero-order valence-corrected chi connectivity index (χ0v) is 13.0. The minimum atomic E-state index is -0.000429. The van der Waals surface area contributed by atoms with Gasteiger partial charge in [-0.3, -0.25) is 9.48 Å². The number of pyridine rings is 1. The topological polar surface area (TPSA) is 58.7 Å². The number of anilines is 1. The maximum absolute atomic E-state index is 12.6. The third-order valence-corrected chi connectivity index (χ3v) is 4.21. The first-order valence-electron chi connectivity index (χ1n) is 7.67. The molecule has 3 aromatic heterocycles. The number of rotatable bonds is 2. The van der Waals surface area contributed by atoms with Crippen molar-refractivity contribution in [1.82, 2.24) is 24.1 Å². The van der Waals surface area contributed by atoms with Gasteiger partial charge in [-0.15, -0.1) is 0 Å². The van der Waals surface area contributed by atoms with Crippen LogP contribution < -0.4 is 4.90 Å². The van der Waals surface area contributed by atoms with Crippen LogP contribution in [-0.4, -0.2) is 56.2 Å². The highest BCUT2D eigenvalue weighted by molar-refractivity contribution is 5.93. The van der Waals surface area contributed by atoms with E-state index in [1.807, 2.05) is 53.1 Å². The molecule has 1 saturated heterocycles. The van der Waals surface area contributed by atoms with E-state index >= 15 is 0 Å². The second-order valence-electron chi connectivity index (χ2n) is 5.74. The summed E-state index contributed by atoms with van der Waals surface area (Å²) in [6.07, 6.45) is 7.56. The maximum Gasteiger partial charge on any atom is 0.274 e. The van der Waals surface area contributed by atoms with Crippen LogP contribution in [0, 0.1) is 0 Å². The number of imidazole rings is 1. The van der Waals surface area contributed by atoms with Gasteiger partial charge in [0, 0.05) is 51.8 Å². The molecule has 0 spiro atoms. The molecule has 0 atom stereocenters. The Balaban J connectivity index is 1.46. The predicted octanol–water partition coefficient (Wildman–Crippen LogP) is 1.03. The maximum atomic E-state index is 12.6. The number of hydrogen-bond acceptors (Lipinski definition) is 4. The van der Waals surface area contributed by atoms with Gasteiger partial charge in [0.05, 0.1) is 11.9 Å². The Labute approximate surface area is 133 Å². The Morgan fingerprint density at radius 2 is 1.96 bits per heavy atom. The summed E-state index contributed by atoms with van der Waals surface area (Å²) in [5.74, 6) is -0.000429. The zero-order valence-electron chi connectivity index (χ0n) is 13.0. The van der Waals surface area contributed by atoms with Gasteiger partial charge in [0.2, 0.25) is 0 Å². The molecule has 0 unspecified atom stereocenters. The molecule has 0 aromatic carbocycles. The molecule has 1 aliphatic heterocycles. The Morgan fingerprint density at radius 1 is 1.13 bits per heavy atom. The Hall–Kier alpha value is -2.83. The lowest BCUT2D eigenvalue weighted by atomic mass is 10.2. The summed E-state index contributed by atoms with van der Waals surface area (Å²) in [5, 5.41) is 4.20. The molecule has 1 amide bonds. The van der Waals surface area contributed by atoms with Crippen molar-refractivity contribution >= 4 is 17.2 Å². The molecule has 1 aliphatic rings. The molecule has 0 aliphatic carbocycles. The van der Waals surface area contributed by atoms with Crippen LogP contribution in [0.1, 0.15) is 10.5 Å². The number of nitrogens with zero attached hydrogens (tertiary/aromatic N) is 6. The molecule has 0 N–H and O–H groups in total. The molecular weight excluding hydrogens is 292 g/mol. The van der Waals surface area contributed by atoms with Crippen LogP contribution in [0.5, 0.6) is 0 Å². The highest BCUT2D eigenvalue weighted by Crippen LogP contribution is 2.16. The fourth-order valence-electron chi connectivity index (χ4n) is 2.94. The molecule has 118 valence electrons. The highest BCUT2D eigenvalue weighted by atomic mass is 16.2. The number of fused-ring (bicyclic) bond motifs is 1. The Morgan fingerprint density at radius 3 is 2.65 bits per heavy atom. The van der Waals surface area contributed by atoms with Gasteiger partial charge in [0.15, 0.2) is 0 Å². The van der Waals surface area contributed by atoms with Crippen LogP contribution in [0.2, 0.25) is 0 Å². The van der Waals surface area contributed by atoms with Gasteiger partial charge in [-0.1, -0.05) is 6.07 Å². The van der Waals surface area contributed by atoms with Crippen molar-refractivity contribution in [2.75, 3.05) is 31.1 Å². The SMILES string of the molecule is Cn1cc(N2CCN(C(=O)c3cn4ccccc4n3)CC2)cn1. The number of aryl methyl sites for hydroxylation is 1. The van der Waals surface area contributed by atoms with Crippen molar-refractivity contribution in [2.45, 2.75) is 0 Å². The van der Waals surface area contributed by atoms with Gasteiger partial charge < -0.3 is 14.2 Å². The number of hydrogen-bond donors (Lipinski definition) is 0. The predicted molar refractivity (Wildman–Crippen MR) is 86.5 cm³/mol. The summed E-state index contributed by atoms with van der Waals surface area (Å²) in [6, 6.07) is 5.75. The van der Waals surface area contributed by atoms with E-state index in [1.54, 1.807) is 10.9 Å². The number of aromatic nitrogens is 4. The van der Waals surface area contributed by atoms with Crippen LogP contribution in [-0.2, 0) is 7.05 Å². The van der Waals surface area contributed by atoms with Crippen molar-refractivity contribution in [2.24, 2.45) is 7.05 Å². The molecule has 0 radical (unpaired) electrons. The molecule has 0 saturated carbocycles. The number of carbonyl (C=O) groups excluding carboxylic acids is 1. The fourth-order valence-corrected chi connectivity index (χ4v) is 2.94. The van der Waals surface area contributed by atoms with Crippen molar-refractivity contribution in [3.05, 3.63) is 48.7 Å². The molecule has 7 heteroatoms. The van der Waals surface area contributed by atoms with Gasteiger partial charge in [-0.25, -0.2) is 4.98 Å². The third kappa shape index (κ3) is 2.54. The fraction of sp³-hybridized carbons (Fsp3) is 0.312. The Kier molecular flexibility index (Phi) is 3.25. The van der Waals surface area contributed by atoms with E-state index in [0.717, 1.165) is 24.4 Å². The minimum Gasteiger partial charge on any atom is -0.365 e.